The van der Waals surface area contributed by atoms with Gasteiger partial charge in [-0.2, -0.15) is 0 Å². The third-order valence-corrected chi connectivity index (χ3v) is 2.48. The van der Waals surface area contributed by atoms with Crippen LogP contribution in [0.4, 0.5) is 0 Å². The maximum Gasteiger partial charge on any atom is 0.374 e. The van der Waals surface area contributed by atoms with Gasteiger partial charge in [-0.1, -0.05) is 18.2 Å². The van der Waals surface area contributed by atoms with E-state index in [2.05, 4.69) is 5.32 Å². The first-order valence-electron chi connectivity index (χ1n) is 6.32. The summed E-state index contributed by atoms with van der Waals surface area (Å²) in [7, 11) is 0. The Labute approximate surface area is 116 Å². The Bertz CT molecular complexity index is 604. The van der Waals surface area contributed by atoms with E-state index in [9.17, 15) is 9.59 Å². The summed E-state index contributed by atoms with van der Waals surface area (Å²) in [5.41, 5.74) is 0.252. The van der Waals surface area contributed by atoms with Crippen LogP contribution in [0.2, 0.25) is 0 Å². The highest BCUT2D eigenvalue weighted by atomic mass is 16.5. The van der Waals surface area contributed by atoms with Gasteiger partial charge in [-0.3, -0.25) is 4.79 Å². The number of carbonyl (C=O) groups excluding carboxylic acids is 2. The van der Waals surface area contributed by atoms with Crippen molar-refractivity contribution in [1.82, 2.24) is 5.32 Å². The number of hydrogen-bond acceptors (Lipinski definition) is 4. The van der Waals surface area contributed by atoms with Crippen LogP contribution in [-0.2, 0) is 9.53 Å². The molecule has 0 spiro atoms. The van der Waals surface area contributed by atoms with Gasteiger partial charge in [-0.25, -0.2) is 4.79 Å². The van der Waals surface area contributed by atoms with Crippen molar-refractivity contribution in [2.24, 2.45) is 0 Å². The van der Waals surface area contributed by atoms with Gasteiger partial charge in [0.1, 0.15) is 5.58 Å². The van der Waals surface area contributed by atoms with Gasteiger partial charge in [0.05, 0.1) is 0 Å². The molecule has 1 aromatic carbocycles. The SMILES string of the molecule is CC(C)(C)NC(=O)COC(=O)c1cc2ccccc2o1. The van der Waals surface area contributed by atoms with Crippen LogP contribution < -0.4 is 5.32 Å². The monoisotopic (exact) mass is 275 g/mol. The zero-order chi connectivity index (χ0) is 14.8. The van der Waals surface area contributed by atoms with Crippen LogP contribution in [0.5, 0.6) is 0 Å². The van der Waals surface area contributed by atoms with Crippen LogP contribution in [-0.4, -0.2) is 24.0 Å². The molecule has 5 heteroatoms. The summed E-state index contributed by atoms with van der Waals surface area (Å²) >= 11 is 0. The third-order valence-electron chi connectivity index (χ3n) is 2.48. The van der Waals surface area contributed by atoms with Gasteiger partial charge in [-0.05, 0) is 32.9 Å². The molecule has 20 heavy (non-hydrogen) atoms. The Morgan fingerprint density at radius 2 is 1.95 bits per heavy atom. The molecule has 0 aliphatic rings. The average molecular weight is 275 g/mol. The summed E-state index contributed by atoms with van der Waals surface area (Å²) in [6.45, 7) is 5.23. The van der Waals surface area contributed by atoms with Gasteiger partial charge in [0.15, 0.2) is 6.61 Å². The number of fused-ring (bicyclic) bond motifs is 1. The van der Waals surface area contributed by atoms with Crippen LogP contribution in [0.25, 0.3) is 11.0 Å². The number of carbonyl (C=O) groups is 2. The number of hydrogen-bond donors (Lipinski definition) is 1. The molecule has 5 nitrogen and oxygen atoms in total. The second kappa shape index (κ2) is 5.36. The zero-order valence-electron chi connectivity index (χ0n) is 11.7. The van der Waals surface area contributed by atoms with E-state index in [0.29, 0.717) is 5.58 Å². The fourth-order valence-corrected chi connectivity index (χ4v) is 1.74. The molecule has 0 radical (unpaired) electrons. The minimum atomic E-state index is -0.648. The highest BCUT2D eigenvalue weighted by molar-refractivity contribution is 5.93. The Morgan fingerprint density at radius 3 is 2.60 bits per heavy atom. The molecule has 0 saturated carbocycles. The number of rotatable bonds is 3. The van der Waals surface area contributed by atoms with Crippen molar-refractivity contribution in [2.45, 2.75) is 26.3 Å². The van der Waals surface area contributed by atoms with Crippen LogP contribution in [0.15, 0.2) is 34.7 Å². The van der Waals surface area contributed by atoms with Gasteiger partial charge < -0.3 is 14.5 Å². The average Bonchev–Trinajstić information content (AvgIpc) is 2.77. The van der Waals surface area contributed by atoms with Crippen molar-refractivity contribution in [3.63, 3.8) is 0 Å². The molecule has 1 heterocycles. The normalized spacial score (nSPS) is 11.3. The molecule has 1 N–H and O–H groups in total. The summed E-state index contributed by atoms with van der Waals surface area (Å²) in [6.07, 6.45) is 0. The topological polar surface area (TPSA) is 68.5 Å². The van der Waals surface area contributed by atoms with Crippen molar-refractivity contribution in [3.05, 3.63) is 36.1 Å². The minimum absolute atomic E-state index is 0.0924. The van der Waals surface area contributed by atoms with Crippen molar-refractivity contribution >= 4 is 22.8 Å². The molecule has 0 aliphatic carbocycles. The van der Waals surface area contributed by atoms with Gasteiger partial charge in [-0.15, -0.1) is 0 Å². The van der Waals surface area contributed by atoms with E-state index >= 15 is 0 Å². The summed E-state index contributed by atoms with van der Waals surface area (Å²) in [6, 6.07) is 8.86. The third kappa shape index (κ3) is 3.60. The first-order chi connectivity index (χ1) is 9.35. The highest BCUT2D eigenvalue weighted by Crippen LogP contribution is 2.19. The fraction of sp³-hybridized carbons (Fsp3) is 0.333. The Morgan fingerprint density at radius 1 is 1.25 bits per heavy atom. The second-order valence-electron chi connectivity index (χ2n) is 5.52. The maximum atomic E-state index is 11.8. The lowest BCUT2D eigenvalue weighted by molar-refractivity contribution is -0.125. The largest absolute Gasteiger partial charge is 0.450 e. The van der Waals surface area contributed by atoms with E-state index in [1.54, 1.807) is 12.1 Å². The zero-order valence-corrected chi connectivity index (χ0v) is 11.7. The van der Waals surface area contributed by atoms with Gasteiger partial charge in [0, 0.05) is 10.9 Å². The van der Waals surface area contributed by atoms with Gasteiger partial charge >= 0.3 is 5.97 Å². The standard InChI is InChI=1S/C15H17NO4/c1-15(2,3)16-13(17)9-19-14(18)12-8-10-6-4-5-7-11(10)20-12/h4-8H,9H2,1-3H3,(H,16,17). The predicted molar refractivity (Wildman–Crippen MR) is 74.4 cm³/mol. The van der Waals surface area contributed by atoms with Crippen LogP contribution in [0.1, 0.15) is 31.3 Å². The molecule has 0 fully saturated rings. The smallest absolute Gasteiger partial charge is 0.374 e. The molecule has 2 aromatic rings. The molecular formula is C15H17NO4. The van der Waals surface area contributed by atoms with E-state index < -0.39 is 5.97 Å². The van der Waals surface area contributed by atoms with Crippen LogP contribution in [0, 0.1) is 0 Å². The van der Waals surface area contributed by atoms with Crippen LogP contribution in [0.3, 0.4) is 0 Å². The Balaban J connectivity index is 1.97. The van der Waals surface area contributed by atoms with Crippen molar-refractivity contribution in [3.8, 4) is 0 Å². The maximum absolute atomic E-state index is 11.8. The van der Waals surface area contributed by atoms with Crippen molar-refractivity contribution < 1.29 is 18.7 Å². The molecule has 0 aliphatic heterocycles. The number of benzene rings is 1. The van der Waals surface area contributed by atoms with E-state index in [-0.39, 0.29) is 23.8 Å². The van der Waals surface area contributed by atoms with E-state index in [4.69, 9.17) is 9.15 Å². The fourth-order valence-electron chi connectivity index (χ4n) is 1.74. The first-order valence-corrected chi connectivity index (χ1v) is 6.32. The number of furan rings is 1. The minimum Gasteiger partial charge on any atom is -0.450 e. The molecule has 0 saturated heterocycles. The quantitative estimate of drug-likeness (QED) is 0.874. The second-order valence-corrected chi connectivity index (χ2v) is 5.52. The van der Waals surface area contributed by atoms with E-state index in [1.807, 2.05) is 39.0 Å². The summed E-state index contributed by atoms with van der Waals surface area (Å²) in [5.74, 6) is -0.901. The number of amides is 1. The lowest BCUT2D eigenvalue weighted by Gasteiger charge is -2.20. The number of esters is 1. The Kier molecular flexibility index (Phi) is 3.79. The van der Waals surface area contributed by atoms with Gasteiger partial charge in [0.2, 0.25) is 5.76 Å². The lowest BCUT2D eigenvalue weighted by Crippen LogP contribution is -2.42. The van der Waals surface area contributed by atoms with E-state index in [0.717, 1.165) is 5.39 Å². The van der Waals surface area contributed by atoms with E-state index in [1.165, 1.54) is 0 Å². The summed E-state index contributed by atoms with van der Waals surface area (Å²) in [5, 5.41) is 3.52. The number of ether oxygens (including phenoxy) is 1. The molecule has 106 valence electrons. The first kappa shape index (κ1) is 14.1. The highest BCUT2D eigenvalue weighted by Gasteiger charge is 2.18. The van der Waals surface area contributed by atoms with Gasteiger partial charge in [0.25, 0.3) is 5.91 Å². The molecule has 1 aromatic heterocycles. The molecule has 1 amide bonds. The van der Waals surface area contributed by atoms with Crippen molar-refractivity contribution in [2.75, 3.05) is 6.61 Å². The molecule has 0 bridgehead atoms. The summed E-state index contributed by atoms with van der Waals surface area (Å²) < 4.78 is 10.3. The molecule has 0 unspecified atom stereocenters. The van der Waals surface area contributed by atoms with Crippen LogP contribution >= 0.6 is 0 Å². The Hall–Kier alpha value is -2.30. The lowest BCUT2D eigenvalue weighted by atomic mass is 10.1. The number of nitrogens with one attached hydrogen (secondary N) is 1. The molecule has 0 atom stereocenters. The molecule has 2 rings (SSSR count). The van der Waals surface area contributed by atoms with Crippen molar-refractivity contribution in [1.29, 1.82) is 0 Å². The summed E-state index contributed by atoms with van der Waals surface area (Å²) in [4.78, 5) is 23.3. The predicted octanol–water partition coefficient (Wildman–Crippen LogP) is 2.50. The number of para-hydroxylation sites is 1. The molecular weight excluding hydrogens is 258 g/mol.